The summed E-state index contributed by atoms with van der Waals surface area (Å²) < 4.78 is 0. The lowest BCUT2D eigenvalue weighted by atomic mass is 9.83. The Morgan fingerprint density at radius 1 is 1.33 bits per heavy atom. The van der Waals surface area contributed by atoms with E-state index in [0.717, 1.165) is 19.5 Å². The van der Waals surface area contributed by atoms with Crippen LogP contribution in [0.3, 0.4) is 0 Å². The van der Waals surface area contributed by atoms with Crippen LogP contribution in [-0.2, 0) is 11.3 Å². The number of carbonyl (C=O) groups is 1. The van der Waals surface area contributed by atoms with Gasteiger partial charge in [0.05, 0.1) is 5.92 Å². The van der Waals surface area contributed by atoms with Crippen LogP contribution in [-0.4, -0.2) is 12.3 Å². The van der Waals surface area contributed by atoms with Crippen LogP contribution in [0.4, 0.5) is 0 Å². The summed E-state index contributed by atoms with van der Waals surface area (Å²) in [6, 6.07) is 8.30. The van der Waals surface area contributed by atoms with E-state index in [1.165, 1.54) is 11.1 Å². The fourth-order valence-electron chi connectivity index (χ4n) is 2.46. The van der Waals surface area contributed by atoms with Gasteiger partial charge >= 0.3 is 0 Å². The summed E-state index contributed by atoms with van der Waals surface area (Å²) >= 11 is 0. The van der Waals surface area contributed by atoms with Crippen LogP contribution in [0.5, 0.6) is 0 Å². The number of benzene rings is 1. The number of nitrogens with one attached hydrogen (secondary N) is 1. The molecule has 1 atom stereocenters. The van der Waals surface area contributed by atoms with Gasteiger partial charge in [-0.05, 0) is 23.0 Å². The van der Waals surface area contributed by atoms with E-state index >= 15 is 0 Å². The summed E-state index contributed by atoms with van der Waals surface area (Å²) in [5, 5.41) is 3.35. The lowest BCUT2D eigenvalue weighted by molar-refractivity contribution is -0.121. The van der Waals surface area contributed by atoms with E-state index in [2.05, 4.69) is 38.2 Å². The Morgan fingerprint density at radius 3 is 2.78 bits per heavy atom. The Kier molecular flexibility index (Phi) is 3.86. The molecule has 1 aromatic carbocycles. The van der Waals surface area contributed by atoms with Crippen molar-refractivity contribution < 1.29 is 4.79 Å². The lowest BCUT2D eigenvalue weighted by Crippen LogP contribution is -2.32. The monoisotopic (exact) mass is 245 g/mol. The molecule has 1 N–H and O–H groups in total. The standard InChI is InChI=1S/C16H23NO/c1-16(2,3)9-8-15(18)14-11-17-10-12-6-4-5-7-13(12)14/h4-7,14,17H,8-11H2,1-3H3. The highest BCUT2D eigenvalue weighted by atomic mass is 16.1. The summed E-state index contributed by atoms with van der Waals surface area (Å²) in [6.07, 6.45) is 1.65. The third-order valence-corrected chi connectivity index (χ3v) is 3.60. The molecule has 98 valence electrons. The summed E-state index contributed by atoms with van der Waals surface area (Å²) in [7, 11) is 0. The van der Waals surface area contributed by atoms with Gasteiger partial charge in [-0.15, -0.1) is 0 Å². The minimum absolute atomic E-state index is 0.0531. The van der Waals surface area contributed by atoms with Crippen LogP contribution in [0, 0.1) is 5.41 Å². The molecular weight excluding hydrogens is 222 g/mol. The number of Topliss-reactive ketones (excluding diaryl/α,β-unsaturated/α-hetero) is 1. The molecule has 0 aromatic heterocycles. The van der Waals surface area contributed by atoms with Gasteiger partial charge in [0.15, 0.2) is 0 Å². The first-order valence-corrected chi connectivity index (χ1v) is 6.78. The topological polar surface area (TPSA) is 29.1 Å². The van der Waals surface area contributed by atoms with Crippen molar-refractivity contribution in [3.05, 3.63) is 35.4 Å². The van der Waals surface area contributed by atoms with Gasteiger partial charge in [0.25, 0.3) is 0 Å². The number of rotatable bonds is 3. The summed E-state index contributed by atoms with van der Waals surface area (Å²) in [6.45, 7) is 8.24. The molecule has 0 bridgehead atoms. The third kappa shape index (κ3) is 3.20. The first kappa shape index (κ1) is 13.3. The predicted octanol–water partition coefficient (Wildman–Crippen LogP) is 3.27. The van der Waals surface area contributed by atoms with Crippen LogP contribution in [0.25, 0.3) is 0 Å². The number of hydrogen-bond donors (Lipinski definition) is 1. The molecule has 18 heavy (non-hydrogen) atoms. The van der Waals surface area contributed by atoms with Crippen LogP contribution in [0.2, 0.25) is 0 Å². The van der Waals surface area contributed by atoms with E-state index in [1.807, 2.05) is 12.1 Å². The van der Waals surface area contributed by atoms with E-state index in [1.54, 1.807) is 0 Å². The van der Waals surface area contributed by atoms with E-state index in [0.29, 0.717) is 12.2 Å². The predicted molar refractivity (Wildman–Crippen MR) is 74.6 cm³/mol. The Labute approximate surface area is 110 Å². The molecule has 2 rings (SSSR count). The maximum absolute atomic E-state index is 12.4. The average molecular weight is 245 g/mol. The smallest absolute Gasteiger partial charge is 0.141 e. The van der Waals surface area contributed by atoms with Crippen LogP contribution >= 0.6 is 0 Å². The second-order valence-electron chi connectivity index (χ2n) is 6.41. The maximum atomic E-state index is 12.4. The zero-order chi connectivity index (χ0) is 13.2. The van der Waals surface area contributed by atoms with E-state index < -0.39 is 0 Å². The maximum Gasteiger partial charge on any atom is 0.141 e. The van der Waals surface area contributed by atoms with E-state index in [-0.39, 0.29) is 11.3 Å². The molecule has 0 saturated heterocycles. The number of carbonyl (C=O) groups excluding carboxylic acids is 1. The normalized spacial score (nSPS) is 19.4. The summed E-state index contributed by atoms with van der Waals surface area (Å²) in [4.78, 5) is 12.4. The van der Waals surface area contributed by atoms with E-state index in [9.17, 15) is 4.79 Å². The molecule has 1 aliphatic rings. The van der Waals surface area contributed by atoms with Crippen molar-refractivity contribution in [3.63, 3.8) is 0 Å². The number of hydrogen-bond acceptors (Lipinski definition) is 2. The third-order valence-electron chi connectivity index (χ3n) is 3.60. The molecule has 2 heteroatoms. The molecule has 0 fully saturated rings. The summed E-state index contributed by atoms with van der Waals surface area (Å²) in [5.74, 6) is 0.432. The van der Waals surface area contributed by atoms with Gasteiger partial charge in [-0.1, -0.05) is 45.0 Å². The van der Waals surface area contributed by atoms with Crippen LogP contribution in [0.1, 0.15) is 50.7 Å². The molecule has 0 amide bonds. The molecule has 0 saturated carbocycles. The Bertz CT molecular complexity index is 431. The minimum atomic E-state index is 0.0531. The highest BCUT2D eigenvalue weighted by Crippen LogP contribution is 2.28. The van der Waals surface area contributed by atoms with Crippen molar-refractivity contribution in [1.29, 1.82) is 0 Å². The summed E-state index contributed by atoms with van der Waals surface area (Å²) in [5.41, 5.74) is 2.74. The van der Waals surface area contributed by atoms with Gasteiger partial charge in [-0.3, -0.25) is 4.79 Å². The SMILES string of the molecule is CC(C)(C)CCC(=O)C1CNCc2ccccc21. The molecular formula is C16H23NO. The molecule has 1 aromatic rings. The lowest BCUT2D eigenvalue weighted by Gasteiger charge is -2.26. The number of ketones is 1. The zero-order valence-electron chi connectivity index (χ0n) is 11.6. The van der Waals surface area contributed by atoms with Gasteiger partial charge in [-0.25, -0.2) is 0 Å². The van der Waals surface area contributed by atoms with Crippen molar-refractivity contribution in [2.45, 2.75) is 46.1 Å². The first-order valence-electron chi connectivity index (χ1n) is 6.78. The molecule has 1 unspecified atom stereocenters. The van der Waals surface area contributed by atoms with Gasteiger partial charge in [-0.2, -0.15) is 0 Å². The van der Waals surface area contributed by atoms with Gasteiger partial charge in [0, 0.05) is 19.5 Å². The quantitative estimate of drug-likeness (QED) is 0.885. The minimum Gasteiger partial charge on any atom is -0.312 e. The highest BCUT2D eigenvalue weighted by Gasteiger charge is 2.26. The zero-order valence-corrected chi connectivity index (χ0v) is 11.6. The second kappa shape index (κ2) is 5.23. The fraction of sp³-hybridized carbons (Fsp3) is 0.562. The highest BCUT2D eigenvalue weighted by molar-refractivity contribution is 5.86. The average Bonchev–Trinajstić information content (AvgIpc) is 2.34. The fourth-order valence-corrected chi connectivity index (χ4v) is 2.46. The molecule has 0 spiro atoms. The molecule has 1 aliphatic heterocycles. The van der Waals surface area contributed by atoms with Crippen molar-refractivity contribution in [2.24, 2.45) is 5.41 Å². The van der Waals surface area contributed by atoms with Crippen LogP contribution in [0.15, 0.2) is 24.3 Å². The van der Waals surface area contributed by atoms with Gasteiger partial charge < -0.3 is 5.32 Å². The van der Waals surface area contributed by atoms with E-state index in [4.69, 9.17) is 0 Å². The molecule has 2 nitrogen and oxygen atoms in total. The van der Waals surface area contributed by atoms with Gasteiger partial charge in [0.2, 0.25) is 0 Å². The largest absolute Gasteiger partial charge is 0.312 e. The van der Waals surface area contributed by atoms with Gasteiger partial charge in [0.1, 0.15) is 5.78 Å². The Morgan fingerprint density at radius 2 is 2.06 bits per heavy atom. The molecule has 1 heterocycles. The first-order chi connectivity index (χ1) is 8.47. The number of fused-ring (bicyclic) bond motifs is 1. The second-order valence-corrected chi connectivity index (χ2v) is 6.41. The van der Waals surface area contributed by atoms with Crippen molar-refractivity contribution >= 4 is 5.78 Å². The van der Waals surface area contributed by atoms with Crippen molar-refractivity contribution in [2.75, 3.05) is 6.54 Å². The molecule has 0 aliphatic carbocycles. The van der Waals surface area contributed by atoms with Crippen molar-refractivity contribution in [3.8, 4) is 0 Å². The Balaban J connectivity index is 2.08. The van der Waals surface area contributed by atoms with Crippen LogP contribution < -0.4 is 5.32 Å². The van der Waals surface area contributed by atoms with Crippen molar-refractivity contribution in [1.82, 2.24) is 5.32 Å². The molecule has 0 radical (unpaired) electrons. The Hall–Kier alpha value is -1.15.